The number of urea groups is 1. The lowest BCUT2D eigenvalue weighted by Crippen LogP contribution is -2.46. The van der Waals surface area contributed by atoms with Gasteiger partial charge in [-0.3, -0.25) is 9.36 Å². The zero-order valence-electron chi connectivity index (χ0n) is 15.3. The molecule has 29 heavy (non-hydrogen) atoms. The number of fused-ring (bicyclic) bond motifs is 1. The van der Waals surface area contributed by atoms with Gasteiger partial charge in [-0.15, -0.1) is 0 Å². The maximum Gasteiger partial charge on any atom is 0.329 e. The number of anilines is 1. The van der Waals surface area contributed by atoms with Gasteiger partial charge in [-0.25, -0.2) is 14.0 Å². The molecule has 1 aliphatic rings. The van der Waals surface area contributed by atoms with Crippen LogP contribution in [0, 0.1) is 5.82 Å². The van der Waals surface area contributed by atoms with E-state index in [4.69, 9.17) is 11.6 Å². The number of nitrogens with zero attached hydrogens (tertiary/aromatic N) is 2. The van der Waals surface area contributed by atoms with Gasteiger partial charge >= 0.3 is 11.7 Å². The average molecular weight is 417 g/mol. The van der Waals surface area contributed by atoms with Crippen LogP contribution in [0.5, 0.6) is 0 Å². The van der Waals surface area contributed by atoms with Crippen LogP contribution in [-0.2, 0) is 0 Å². The number of carbonyl (C=O) groups is 1. The number of rotatable bonds is 2. The molecule has 2 heterocycles. The van der Waals surface area contributed by atoms with Crippen LogP contribution in [-0.4, -0.2) is 33.6 Å². The lowest BCUT2D eigenvalue weighted by atomic mass is 10.0. The molecule has 0 atom stereocenters. The van der Waals surface area contributed by atoms with Gasteiger partial charge in [0, 0.05) is 19.1 Å². The Morgan fingerprint density at radius 1 is 1.14 bits per heavy atom. The summed E-state index contributed by atoms with van der Waals surface area (Å²) in [7, 11) is 0. The molecule has 4 rings (SSSR count). The van der Waals surface area contributed by atoms with Crippen molar-refractivity contribution in [2.24, 2.45) is 0 Å². The smallest absolute Gasteiger partial charge is 0.324 e. The Labute approximate surface area is 169 Å². The monoisotopic (exact) mass is 416 g/mol. The van der Waals surface area contributed by atoms with Crippen LogP contribution in [0.15, 0.2) is 52.1 Å². The third-order valence-electron chi connectivity index (χ3n) is 5.12. The van der Waals surface area contributed by atoms with Crippen LogP contribution < -0.4 is 16.6 Å². The lowest BCUT2D eigenvalue weighted by molar-refractivity contribution is 0.182. The van der Waals surface area contributed by atoms with Crippen molar-refractivity contribution < 1.29 is 9.18 Å². The molecule has 0 saturated carbocycles. The van der Waals surface area contributed by atoms with Crippen LogP contribution in [0.2, 0.25) is 5.02 Å². The fourth-order valence-corrected chi connectivity index (χ4v) is 3.80. The Morgan fingerprint density at radius 2 is 1.86 bits per heavy atom. The van der Waals surface area contributed by atoms with E-state index in [1.54, 1.807) is 29.2 Å². The van der Waals surface area contributed by atoms with E-state index in [0.29, 0.717) is 42.2 Å². The third kappa shape index (κ3) is 3.75. The largest absolute Gasteiger partial charge is 0.329 e. The predicted octanol–water partition coefficient (Wildman–Crippen LogP) is 3.35. The van der Waals surface area contributed by atoms with Crippen molar-refractivity contribution in [3.05, 3.63) is 74.1 Å². The van der Waals surface area contributed by atoms with E-state index in [-0.39, 0.29) is 17.5 Å². The molecule has 0 bridgehead atoms. The Balaban J connectivity index is 1.51. The first kappa shape index (κ1) is 19.2. The van der Waals surface area contributed by atoms with Gasteiger partial charge in [0.05, 0.1) is 21.6 Å². The minimum Gasteiger partial charge on any atom is -0.324 e. The second-order valence-corrected chi connectivity index (χ2v) is 7.33. The standard InChI is InChI=1S/C20H18ClFN4O3/c21-15-3-1-2-4-17(15)24-19(28)25-9-7-13(8-10-25)26-18(27)14-11-12(22)5-6-16(14)23-20(26)29/h1-6,11,13H,7-10H2,(H,23,29)(H,24,28). The number of hydrogen-bond acceptors (Lipinski definition) is 3. The summed E-state index contributed by atoms with van der Waals surface area (Å²) in [6.45, 7) is 0.738. The molecule has 1 fully saturated rings. The van der Waals surface area contributed by atoms with E-state index >= 15 is 0 Å². The van der Waals surface area contributed by atoms with E-state index in [2.05, 4.69) is 10.3 Å². The molecule has 1 aromatic heterocycles. The van der Waals surface area contributed by atoms with Crippen LogP contribution in [0.1, 0.15) is 18.9 Å². The van der Waals surface area contributed by atoms with Crippen LogP contribution in [0.3, 0.4) is 0 Å². The van der Waals surface area contributed by atoms with Gasteiger partial charge in [0.2, 0.25) is 0 Å². The number of H-pyrrole nitrogens is 1. The van der Waals surface area contributed by atoms with Crippen molar-refractivity contribution in [3.63, 3.8) is 0 Å². The molecule has 150 valence electrons. The van der Waals surface area contributed by atoms with Gasteiger partial charge in [-0.2, -0.15) is 0 Å². The number of para-hydroxylation sites is 1. The fourth-order valence-electron chi connectivity index (χ4n) is 3.62. The highest BCUT2D eigenvalue weighted by molar-refractivity contribution is 6.33. The third-order valence-corrected chi connectivity index (χ3v) is 5.45. The molecule has 7 nitrogen and oxygen atoms in total. The summed E-state index contributed by atoms with van der Waals surface area (Å²) in [6, 6.07) is 9.96. The molecule has 9 heteroatoms. The second-order valence-electron chi connectivity index (χ2n) is 6.92. The number of amides is 2. The number of aromatic amines is 1. The molecule has 3 aromatic rings. The van der Waals surface area contributed by atoms with Crippen LogP contribution in [0.4, 0.5) is 14.9 Å². The highest BCUT2D eigenvalue weighted by atomic mass is 35.5. The lowest BCUT2D eigenvalue weighted by Gasteiger charge is -2.32. The Hall–Kier alpha value is -3.13. The van der Waals surface area contributed by atoms with E-state index in [0.717, 1.165) is 10.6 Å². The summed E-state index contributed by atoms with van der Waals surface area (Å²) < 4.78 is 14.7. The number of halogens is 2. The van der Waals surface area contributed by atoms with Crippen LogP contribution in [0.25, 0.3) is 10.9 Å². The normalized spacial score (nSPS) is 14.9. The van der Waals surface area contributed by atoms with Gasteiger partial charge in [0.25, 0.3) is 5.56 Å². The summed E-state index contributed by atoms with van der Waals surface area (Å²) >= 11 is 6.07. The fraction of sp³-hybridized carbons (Fsp3) is 0.250. The topological polar surface area (TPSA) is 87.2 Å². The van der Waals surface area contributed by atoms with Crippen molar-refractivity contribution in [1.29, 1.82) is 0 Å². The first-order valence-electron chi connectivity index (χ1n) is 9.18. The molecule has 0 spiro atoms. The molecule has 1 saturated heterocycles. The zero-order chi connectivity index (χ0) is 20.5. The van der Waals surface area contributed by atoms with Gasteiger partial charge in [-0.1, -0.05) is 23.7 Å². The number of piperidine rings is 1. The Bertz CT molecular complexity index is 1200. The van der Waals surface area contributed by atoms with Crippen molar-refractivity contribution >= 4 is 34.2 Å². The second kappa shape index (κ2) is 7.71. The average Bonchev–Trinajstić information content (AvgIpc) is 2.71. The highest BCUT2D eigenvalue weighted by Gasteiger charge is 2.26. The summed E-state index contributed by atoms with van der Waals surface area (Å²) in [6.07, 6.45) is 0.861. The molecular formula is C20H18ClFN4O3. The molecule has 0 aliphatic carbocycles. The van der Waals surface area contributed by atoms with E-state index in [1.165, 1.54) is 12.1 Å². The zero-order valence-corrected chi connectivity index (χ0v) is 16.1. The first-order valence-corrected chi connectivity index (χ1v) is 9.56. The summed E-state index contributed by atoms with van der Waals surface area (Å²) in [5, 5.41) is 3.33. The maximum atomic E-state index is 13.5. The first-order chi connectivity index (χ1) is 13.9. The predicted molar refractivity (Wildman–Crippen MR) is 109 cm³/mol. The van der Waals surface area contributed by atoms with Gasteiger partial charge in [0.1, 0.15) is 5.82 Å². The molecular weight excluding hydrogens is 399 g/mol. The number of hydrogen-bond donors (Lipinski definition) is 2. The molecule has 1 aliphatic heterocycles. The minimum atomic E-state index is -0.542. The van der Waals surface area contributed by atoms with Gasteiger partial charge < -0.3 is 15.2 Å². The van der Waals surface area contributed by atoms with E-state index < -0.39 is 17.1 Å². The molecule has 2 N–H and O–H groups in total. The van der Waals surface area contributed by atoms with E-state index in [9.17, 15) is 18.8 Å². The number of likely N-dealkylation sites (tertiary alicyclic amines) is 1. The number of carbonyl (C=O) groups excluding carboxylic acids is 1. The molecule has 2 amide bonds. The Morgan fingerprint density at radius 3 is 2.59 bits per heavy atom. The molecule has 2 aromatic carbocycles. The summed E-state index contributed by atoms with van der Waals surface area (Å²) in [4.78, 5) is 41.9. The number of nitrogens with one attached hydrogen (secondary N) is 2. The van der Waals surface area contributed by atoms with Gasteiger partial charge in [0.15, 0.2) is 0 Å². The van der Waals surface area contributed by atoms with Crippen molar-refractivity contribution in [1.82, 2.24) is 14.5 Å². The van der Waals surface area contributed by atoms with E-state index in [1.807, 2.05) is 0 Å². The highest BCUT2D eigenvalue weighted by Crippen LogP contribution is 2.24. The van der Waals surface area contributed by atoms with Crippen molar-refractivity contribution in [2.45, 2.75) is 18.9 Å². The van der Waals surface area contributed by atoms with Crippen molar-refractivity contribution in [3.8, 4) is 0 Å². The number of aromatic nitrogens is 2. The summed E-state index contributed by atoms with van der Waals surface area (Å²) in [5.41, 5.74) is -0.241. The molecule has 0 radical (unpaired) electrons. The molecule has 0 unspecified atom stereocenters. The van der Waals surface area contributed by atoms with Crippen molar-refractivity contribution in [2.75, 3.05) is 18.4 Å². The summed E-state index contributed by atoms with van der Waals surface area (Å²) in [5.74, 6) is -0.542. The quantitative estimate of drug-likeness (QED) is 0.671. The minimum absolute atomic E-state index is 0.128. The SMILES string of the molecule is O=C(Nc1ccccc1Cl)N1CCC(n2c(=O)[nH]c3ccc(F)cc3c2=O)CC1. The van der Waals surface area contributed by atoms with Crippen LogP contribution >= 0.6 is 11.6 Å². The Kier molecular flexibility index (Phi) is 5.10. The number of benzene rings is 2. The maximum absolute atomic E-state index is 13.5. The van der Waals surface area contributed by atoms with Gasteiger partial charge in [-0.05, 0) is 43.2 Å².